The fraction of sp³-hybridized carbons (Fsp3) is 0.533. The minimum absolute atomic E-state index is 0.0900. The molecule has 0 saturated carbocycles. The molecule has 1 aliphatic rings. The second-order valence-corrected chi connectivity index (χ2v) is 5.58. The maximum atomic E-state index is 5.79. The minimum atomic E-state index is 0.0900. The normalized spacial score (nSPS) is 19.0. The van der Waals surface area contributed by atoms with E-state index in [0.29, 0.717) is 11.9 Å². The lowest BCUT2D eigenvalue weighted by Gasteiger charge is -2.34. The van der Waals surface area contributed by atoms with Crippen LogP contribution in [-0.4, -0.2) is 38.9 Å². The fourth-order valence-electron chi connectivity index (χ4n) is 2.70. The SMILES string of the molecule is CC(C)Oc1nccnc1N1CCC[C@@H](n2cccn2)C1. The van der Waals surface area contributed by atoms with Crippen molar-refractivity contribution in [3.05, 3.63) is 30.9 Å². The van der Waals surface area contributed by atoms with Crippen LogP contribution in [0.15, 0.2) is 30.9 Å². The molecule has 1 saturated heterocycles. The Morgan fingerprint density at radius 3 is 2.86 bits per heavy atom. The summed E-state index contributed by atoms with van der Waals surface area (Å²) in [5.41, 5.74) is 0. The summed E-state index contributed by atoms with van der Waals surface area (Å²) in [6.45, 7) is 5.86. The number of piperidine rings is 1. The highest BCUT2D eigenvalue weighted by molar-refractivity contribution is 5.48. The van der Waals surface area contributed by atoms with Gasteiger partial charge in [0.05, 0.1) is 12.1 Å². The highest BCUT2D eigenvalue weighted by Gasteiger charge is 2.25. The highest BCUT2D eigenvalue weighted by atomic mass is 16.5. The second-order valence-electron chi connectivity index (χ2n) is 5.58. The maximum absolute atomic E-state index is 5.79. The molecular formula is C15H21N5O. The molecule has 0 aromatic carbocycles. The van der Waals surface area contributed by atoms with Crippen molar-refractivity contribution in [2.75, 3.05) is 18.0 Å². The Kier molecular flexibility index (Phi) is 4.03. The van der Waals surface area contributed by atoms with Crippen molar-refractivity contribution in [2.24, 2.45) is 0 Å². The van der Waals surface area contributed by atoms with Crippen molar-refractivity contribution in [2.45, 2.75) is 38.8 Å². The van der Waals surface area contributed by atoms with Crippen molar-refractivity contribution in [3.63, 3.8) is 0 Å². The zero-order valence-corrected chi connectivity index (χ0v) is 12.5. The van der Waals surface area contributed by atoms with Crippen LogP contribution >= 0.6 is 0 Å². The average Bonchev–Trinajstić information content (AvgIpc) is 3.02. The van der Waals surface area contributed by atoms with E-state index in [1.54, 1.807) is 12.4 Å². The van der Waals surface area contributed by atoms with E-state index in [4.69, 9.17) is 4.74 Å². The molecule has 2 aromatic heterocycles. The Morgan fingerprint density at radius 1 is 1.24 bits per heavy atom. The first-order valence-corrected chi connectivity index (χ1v) is 7.46. The summed E-state index contributed by atoms with van der Waals surface area (Å²) in [4.78, 5) is 11.1. The highest BCUT2D eigenvalue weighted by Crippen LogP contribution is 2.29. The van der Waals surface area contributed by atoms with Crippen LogP contribution in [0.2, 0.25) is 0 Å². The third kappa shape index (κ3) is 3.15. The molecule has 6 heteroatoms. The molecule has 3 rings (SSSR count). The van der Waals surface area contributed by atoms with Gasteiger partial charge < -0.3 is 9.64 Å². The van der Waals surface area contributed by atoms with Gasteiger partial charge in [-0.3, -0.25) is 4.68 Å². The molecule has 0 aliphatic carbocycles. The number of rotatable bonds is 4. The summed E-state index contributed by atoms with van der Waals surface area (Å²) in [5.74, 6) is 1.46. The van der Waals surface area contributed by atoms with Crippen molar-refractivity contribution in [1.82, 2.24) is 19.7 Å². The van der Waals surface area contributed by atoms with Crippen molar-refractivity contribution < 1.29 is 4.74 Å². The van der Waals surface area contributed by atoms with E-state index < -0.39 is 0 Å². The summed E-state index contributed by atoms with van der Waals surface area (Å²) in [6.07, 6.45) is 9.59. The number of nitrogens with zero attached hydrogens (tertiary/aromatic N) is 5. The Labute approximate surface area is 124 Å². The predicted molar refractivity (Wildman–Crippen MR) is 80.5 cm³/mol. The van der Waals surface area contributed by atoms with Gasteiger partial charge in [-0.2, -0.15) is 5.10 Å². The molecule has 3 heterocycles. The van der Waals surface area contributed by atoms with Crippen molar-refractivity contribution in [1.29, 1.82) is 0 Å². The van der Waals surface area contributed by atoms with E-state index in [2.05, 4.69) is 20.0 Å². The van der Waals surface area contributed by atoms with Crippen LogP contribution in [0, 0.1) is 0 Å². The summed E-state index contributed by atoms with van der Waals surface area (Å²) in [5, 5.41) is 4.36. The quantitative estimate of drug-likeness (QED) is 0.863. The predicted octanol–water partition coefficient (Wildman–Crippen LogP) is 2.30. The zero-order chi connectivity index (χ0) is 14.7. The Balaban J connectivity index is 1.80. The topological polar surface area (TPSA) is 56.1 Å². The molecule has 21 heavy (non-hydrogen) atoms. The lowest BCUT2D eigenvalue weighted by atomic mass is 10.1. The minimum Gasteiger partial charge on any atom is -0.472 e. The van der Waals surface area contributed by atoms with Crippen LogP contribution in [-0.2, 0) is 0 Å². The van der Waals surface area contributed by atoms with E-state index >= 15 is 0 Å². The first-order chi connectivity index (χ1) is 10.2. The van der Waals surface area contributed by atoms with Crippen LogP contribution in [0.1, 0.15) is 32.7 Å². The number of anilines is 1. The van der Waals surface area contributed by atoms with E-state index in [-0.39, 0.29) is 6.10 Å². The molecular weight excluding hydrogens is 266 g/mol. The summed E-state index contributed by atoms with van der Waals surface area (Å²) in [7, 11) is 0. The largest absolute Gasteiger partial charge is 0.472 e. The summed E-state index contributed by atoms with van der Waals surface area (Å²) < 4.78 is 7.82. The molecule has 2 aromatic rings. The Bertz CT molecular complexity index is 569. The monoisotopic (exact) mass is 287 g/mol. The molecule has 0 spiro atoms. The van der Waals surface area contributed by atoms with Gasteiger partial charge in [0.1, 0.15) is 0 Å². The smallest absolute Gasteiger partial charge is 0.257 e. The Morgan fingerprint density at radius 2 is 2.10 bits per heavy atom. The molecule has 6 nitrogen and oxygen atoms in total. The average molecular weight is 287 g/mol. The van der Waals surface area contributed by atoms with E-state index in [1.165, 1.54) is 0 Å². The van der Waals surface area contributed by atoms with Crippen LogP contribution in [0.5, 0.6) is 5.88 Å². The maximum Gasteiger partial charge on any atom is 0.257 e. The molecule has 0 bridgehead atoms. The lowest BCUT2D eigenvalue weighted by molar-refractivity contribution is 0.231. The summed E-state index contributed by atoms with van der Waals surface area (Å²) in [6, 6.07) is 2.34. The van der Waals surface area contributed by atoms with Crippen molar-refractivity contribution >= 4 is 5.82 Å². The standard InChI is InChI=1S/C15H21N5O/c1-12(2)21-15-14(16-7-8-17-15)19-9-3-5-13(11-19)20-10-4-6-18-20/h4,6-8,10,12-13H,3,5,9,11H2,1-2H3/t13-/m1/s1. The number of hydrogen-bond acceptors (Lipinski definition) is 5. The summed E-state index contributed by atoms with van der Waals surface area (Å²) >= 11 is 0. The third-order valence-corrected chi connectivity index (χ3v) is 3.59. The number of hydrogen-bond donors (Lipinski definition) is 0. The molecule has 1 atom stereocenters. The van der Waals surface area contributed by atoms with Crippen LogP contribution in [0.25, 0.3) is 0 Å². The molecule has 0 radical (unpaired) electrons. The van der Waals surface area contributed by atoms with E-state index in [1.807, 2.05) is 37.0 Å². The molecule has 0 unspecified atom stereocenters. The van der Waals surface area contributed by atoms with E-state index in [9.17, 15) is 0 Å². The van der Waals surface area contributed by atoms with Gasteiger partial charge in [-0.1, -0.05) is 0 Å². The van der Waals surface area contributed by atoms with Gasteiger partial charge in [0.25, 0.3) is 5.88 Å². The van der Waals surface area contributed by atoms with E-state index in [0.717, 1.165) is 31.7 Å². The van der Waals surface area contributed by atoms with Crippen LogP contribution in [0.4, 0.5) is 5.82 Å². The first kappa shape index (κ1) is 13.9. The fourth-order valence-corrected chi connectivity index (χ4v) is 2.70. The van der Waals surface area contributed by atoms with Gasteiger partial charge in [-0.15, -0.1) is 0 Å². The van der Waals surface area contributed by atoms with Gasteiger partial charge in [0.15, 0.2) is 5.82 Å². The van der Waals surface area contributed by atoms with Crippen LogP contribution < -0.4 is 9.64 Å². The van der Waals surface area contributed by atoms with Gasteiger partial charge >= 0.3 is 0 Å². The lowest BCUT2D eigenvalue weighted by Crippen LogP contribution is -2.37. The van der Waals surface area contributed by atoms with Crippen molar-refractivity contribution in [3.8, 4) is 5.88 Å². The third-order valence-electron chi connectivity index (χ3n) is 3.59. The second kappa shape index (κ2) is 6.11. The molecule has 0 amide bonds. The molecule has 0 N–H and O–H groups in total. The molecule has 1 aliphatic heterocycles. The van der Waals surface area contributed by atoms with Crippen LogP contribution in [0.3, 0.4) is 0 Å². The number of ether oxygens (including phenoxy) is 1. The number of aromatic nitrogens is 4. The van der Waals surface area contributed by atoms with Gasteiger partial charge in [0.2, 0.25) is 0 Å². The van der Waals surface area contributed by atoms with Gasteiger partial charge in [-0.25, -0.2) is 9.97 Å². The zero-order valence-electron chi connectivity index (χ0n) is 12.5. The van der Waals surface area contributed by atoms with Gasteiger partial charge in [0, 0.05) is 37.9 Å². The molecule has 112 valence electrons. The Hall–Kier alpha value is -2.11. The van der Waals surface area contributed by atoms with Gasteiger partial charge in [-0.05, 0) is 32.8 Å². The molecule has 1 fully saturated rings. The first-order valence-electron chi connectivity index (χ1n) is 7.46.